The molecular formula is C18H23N3. The molecule has 1 aromatic carbocycles. The number of hydrogen-bond acceptors (Lipinski definition) is 3. The minimum absolute atomic E-state index is 0.836. The van der Waals surface area contributed by atoms with E-state index in [4.69, 9.17) is 0 Å². The van der Waals surface area contributed by atoms with Crippen LogP contribution >= 0.6 is 0 Å². The highest BCUT2D eigenvalue weighted by Crippen LogP contribution is 2.24. The van der Waals surface area contributed by atoms with Gasteiger partial charge in [0.05, 0.1) is 0 Å². The summed E-state index contributed by atoms with van der Waals surface area (Å²) >= 11 is 0. The Kier molecular flexibility index (Phi) is 4.39. The van der Waals surface area contributed by atoms with Crippen LogP contribution in [0.4, 0.5) is 11.4 Å². The molecule has 1 fully saturated rings. The van der Waals surface area contributed by atoms with Crippen LogP contribution in [0.3, 0.4) is 0 Å². The van der Waals surface area contributed by atoms with Crippen molar-refractivity contribution in [2.75, 3.05) is 23.3 Å². The van der Waals surface area contributed by atoms with E-state index in [2.05, 4.69) is 46.4 Å². The number of pyridine rings is 1. The van der Waals surface area contributed by atoms with E-state index in [0.29, 0.717) is 0 Å². The first-order valence-corrected chi connectivity index (χ1v) is 7.79. The van der Waals surface area contributed by atoms with E-state index >= 15 is 0 Å². The Bertz CT molecular complexity index is 542. The van der Waals surface area contributed by atoms with Gasteiger partial charge in [0.2, 0.25) is 0 Å². The van der Waals surface area contributed by atoms with Gasteiger partial charge in [0.15, 0.2) is 0 Å². The second-order valence-electron chi connectivity index (χ2n) is 5.93. The lowest BCUT2D eigenvalue weighted by atomic mass is 9.99. The summed E-state index contributed by atoms with van der Waals surface area (Å²) in [5.41, 5.74) is 3.76. The maximum atomic E-state index is 4.04. The first-order chi connectivity index (χ1) is 10.3. The Hall–Kier alpha value is -2.03. The highest BCUT2D eigenvalue weighted by atomic mass is 15.1. The van der Waals surface area contributed by atoms with Crippen LogP contribution in [0.25, 0.3) is 0 Å². The number of hydrogen-bond donors (Lipinski definition) is 1. The van der Waals surface area contributed by atoms with Crippen molar-refractivity contribution < 1.29 is 0 Å². The molecule has 3 heteroatoms. The molecule has 1 saturated heterocycles. The summed E-state index contributed by atoms with van der Waals surface area (Å²) in [7, 11) is 0. The SMILES string of the molecule is CC1CCN(c2ccc(NCc3ccncc3)cc2)CC1. The van der Waals surface area contributed by atoms with Gasteiger partial charge >= 0.3 is 0 Å². The molecule has 0 amide bonds. The fourth-order valence-corrected chi connectivity index (χ4v) is 2.76. The van der Waals surface area contributed by atoms with Crippen molar-refractivity contribution in [1.29, 1.82) is 0 Å². The van der Waals surface area contributed by atoms with Crippen molar-refractivity contribution in [3.05, 3.63) is 54.4 Å². The third kappa shape index (κ3) is 3.75. The Labute approximate surface area is 127 Å². The summed E-state index contributed by atoms with van der Waals surface area (Å²) in [6.45, 7) is 5.56. The van der Waals surface area contributed by atoms with Crippen molar-refractivity contribution >= 4 is 11.4 Å². The third-order valence-electron chi connectivity index (χ3n) is 4.26. The number of rotatable bonds is 4. The van der Waals surface area contributed by atoms with Gasteiger partial charge in [0, 0.05) is 43.4 Å². The zero-order valence-electron chi connectivity index (χ0n) is 12.6. The zero-order valence-corrected chi connectivity index (χ0v) is 12.6. The molecule has 1 N–H and O–H groups in total. The molecule has 1 aliphatic rings. The van der Waals surface area contributed by atoms with E-state index in [-0.39, 0.29) is 0 Å². The Balaban J connectivity index is 1.57. The van der Waals surface area contributed by atoms with Crippen LogP contribution in [0, 0.1) is 5.92 Å². The maximum absolute atomic E-state index is 4.04. The van der Waals surface area contributed by atoms with Crippen molar-refractivity contribution in [2.45, 2.75) is 26.3 Å². The van der Waals surface area contributed by atoms with Gasteiger partial charge in [-0.2, -0.15) is 0 Å². The number of piperidine rings is 1. The fourth-order valence-electron chi connectivity index (χ4n) is 2.76. The number of aromatic nitrogens is 1. The van der Waals surface area contributed by atoms with Gasteiger partial charge < -0.3 is 10.2 Å². The Morgan fingerprint density at radius 1 is 1.05 bits per heavy atom. The van der Waals surface area contributed by atoms with Crippen molar-refractivity contribution in [1.82, 2.24) is 4.98 Å². The molecule has 0 unspecified atom stereocenters. The molecule has 0 atom stereocenters. The summed E-state index contributed by atoms with van der Waals surface area (Å²) in [6, 6.07) is 12.9. The van der Waals surface area contributed by atoms with Crippen molar-refractivity contribution in [3.8, 4) is 0 Å². The van der Waals surface area contributed by atoms with E-state index in [9.17, 15) is 0 Å². The van der Waals surface area contributed by atoms with Gasteiger partial charge in [-0.25, -0.2) is 0 Å². The monoisotopic (exact) mass is 281 g/mol. The van der Waals surface area contributed by atoms with E-state index < -0.39 is 0 Å². The topological polar surface area (TPSA) is 28.2 Å². The van der Waals surface area contributed by atoms with Gasteiger partial charge in [0.1, 0.15) is 0 Å². The molecule has 3 nitrogen and oxygen atoms in total. The van der Waals surface area contributed by atoms with E-state index in [1.54, 1.807) is 0 Å². The molecule has 3 rings (SSSR count). The predicted molar refractivity (Wildman–Crippen MR) is 88.6 cm³/mol. The summed E-state index contributed by atoms with van der Waals surface area (Å²) < 4.78 is 0. The van der Waals surface area contributed by atoms with Crippen molar-refractivity contribution in [3.63, 3.8) is 0 Å². The van der Waals surface area contributed by atoms with E-state index in [0.717, 1.165) is 12.5 Å². The average molecular weight is 281 g/mol. The van der Waals surface area contributed by atoms with Crippen LogP contribution in [0.5, 0.6) is 0 Å². The largest absolute Gasteiger partial charge is 0.381 e. The van der Waals surface area contributed by atoms with Crippen LogP contribution in [0.2, 0.25) is 0 Å². The molecule has 0 bridgehead atoms. The lowest BCUT2D eigenvalue weighted by Gasteiger charge is -2.32. The number of nitrogens with zero attached hydrogens (tertiary/aromatic N) is 2. The molecule has 21 heavy (non-hydrogen) atoms. The maximum Gasteiger partial charge on any atom is 0.0401 e. The lowest BCUT2D eigenvalue weighted by molar-refractivity contribution is 0.438. The molecule has 1 aliphatic heterocycles. The first-order valence-electron chi connectivity index (χ1n) is 7.79. The molecule has 2 heterocycles. The fraction of sp³-hybridized carbons (Fsp3) is 0.389. The molecule has 0 saturated carbocycles. The highest BCUT2D eigenvalue weighted by Gasteiger charge is 2.15. The minimum atomic E-state index is 0.836. The van der Waals surface area contributed by atoms with Crippen LogP contribution < -0.4 is 10.2 Å². The molecule has 0 radical (unpaired) electrons. The normalized spacial score (nSPS) is 16.0. The Morgan fingerprint density at radius 2 is 1.71 bits per heavy atom. The van der Waals surface area contributed by atoms with E-state index in [1.165, 1.54) is 42.9 Å². The van der Waals surface area contributed by atoms with Crippen molar-refractivity contribution in [2.24, 2.45) is 5.92 Å². The van der Waals surface area contributed by atoms with Crippen LogP contribution in [-0.2, 0) is 6.54 Å². The first kappa shape index (κ1) is 13.9. The molecular weight excluding hydrogens is 258 g/mol. The van der Waals surface area contributed by atoms with Crippen LogP contribution in [0.1, 0.15) is 25.3 Å². The van der Waals surface area contributed by atoms with E-state index in [1.807, 2.05) is 24.5 Å². The standard InChI is InChI=1S/C18H23N3/c1-15-8-12-21(13-9-15)18-4-2-17(3-5-18)20-14-16-6-10-19-11-7-16/h2-7,10-11,15,20H,8-9,12-14H2,1H3. The number of nitrogens with one attached hydrogen (secondary N) is 1. The molecule has 110 valence electrons. The number of anilines is 2. The third-order valence-corrected chi connectivity index (χ3v) is 4.26. The second-order valence-corrected chi connectivity index (χ2v) is 5.93. The van der Waals surface area contributed by atoms with Crippen LogP contribution in [0.15, 0.2) is 48.8 Å². The highest BCUT2D eigenvalue weighted by molar-refractivity contribution is 5.55. The summed E-state index contributed by atoms with van der Waals surface area (Å²) in [4.78, 5) is 6.53. The second kappa shape index (κ2) is 6.61. The van der Waals surface area contributed by atoms with Gasteiger partial charge in [-0.1, -0.05) is 6.92 Å². The average Bonchev–Trinajstić information content (AvgIpc) is 2.55. The molecule has 1 aromatic heterocycles. The van der Waals surface area contributed by atoms with Gasteiger partial charge in [-0.3, -0.25) is 4.98 Å². The quantitative estimate of drug-likeness (QED) is 0.920. The van der Waals surface area contributed by atoms with Gasteiger partial charge in [-0.05, 0) is 60.7 Å². The molecule has 0 spiro atoms. The lowest BCUT2D eigenvalue weighted by Crippen LogP contribution is -2.32. The summed E-state index contributed by atoms with van der Waals surface area (Å²) in [5, 5.41) is 3.45. The predicted octanol–water partition coefficient (Wildman–Crippen LogP) is 3.93. The number of benzene rings is 1. The molecule has 0 aliphatic carbocycles. The zero-order chi connectivity index (χ0) is 14.5. The summed E-state index contributed by atoms with van der Waals surface area (Å²) in [6.07, 6.45) is 6.28. The smallest absolute Gasteiger partial charge is 0.0401 e. The molecule has 2 aromatic rings. The van der Waals surface area contributed by atoms with Gasteiger partial charge in [-0.15, -0.1) is 0 Å². The minimum Gasteiger partial charge on any atom is -0.381 e. The van der Waals surface area contributed by atoms with Crippen LogP contribution in [-0.4, -0.2) is 18.1 Å². The van der Waals surface area contributed by atoms with Gasteiger partial charge in [0.25, 0.3) is 0 Å². The Morgan fingerprint density at radius 3 is 2.38 bits per heavy atom. The summed E-state index contributed by atoms with van der Waals surface area (Å²) in [5.74, 6) is 0.877.